The van der Waals surface area contributed by atoms with Gasteiger partial charge < -0.3 is 13.3 Å². The lowest BCUT2D eigenvalue weighted by Gasteiger charge is -2.30. The van der Waals surface area contributed by atoms with Crippen LogP contribution in [0.1, 0.15) is 36.5 Å². The van der Waals surface area contributed by atoms with Gasteiger partial charge in [-0.1, -0.05) is 104 Å². The molecule has 0 aromatic heterocycles. The minimum Gasteiger partial charge on any atom is -0.369 e. The molecule has 0 heterocycles. The first-order valence-electron chi connectivity index (χ1n) is 10.3. The normalized spacial score (nSPS) is 11.5. The fourth-order valence-corrected chi connectivity index (χ4v) is 5.67. The summed E-state index contributed by atoms with van der Waals surface area (Å²) < 4.78 is 19.4. The van der Waals surface area contributed by atoms with Gasteiger partial charge in [-0.3, -0.25) is 0 Å². The summed E-state index contributed by atoms with van der Waals surface area (Å²) in [4.78, 5) is 0. The molecule has 0 aliphatic rings. The van der Waals surface area contributed by atoms with Crippen LogP contribution in [0.15, 0.2) is 91.0 Å². The second kappa shape index (κ2) is 11.7. The summed E-state index contributed by atoms with van der Waals surface area (Å²) in [5, 5.41) is 0. The van der Waals surface area contributed by atoms with Gasteiger partial charge in [0, 0.05) is 6.04 Å². The summed E-state index contributed by atoms with van der Waals surface area (Å²) >= 11 is 0. The Labute approximate surface area is 175 Å². The quantitative estimate of drug-likeness (QED) is 0.327. The fraction of sp³-hybridized carbons (Fsp3) is 0.280. The van der Waals surface area contributed by atoms with Gasteiger partial charge in [-0.2, -0.15) is 0 Å². The van der Waals surface area contributed by atoms with Crippen LogP contribution in [-0.4, -0.2) is 8.80 Å². The summed E-state index contributed by atoms with van der Waals surface area (Å²) in [6.45, 7) is 3.69. The van der Waals surface area contributed by atoms with Crippen molar-refractivity contribution < 1.29 is 13.3 Å². The first-order chi connectivity index (χ1) is 14.3. The van der Waals surface area contributed by atoms with Gasteiger partial charge in [0.05, 0.1) is 19.8 Å². The number of unbranched alkanes of at least 4 members (excludes halogenated alkanes) is 1. The standard InChI is InChI=1S/C25H30O3Si/c1-2-3-19-29(26-20-23-13-7-4-8-14-23,27-21-24-15-9-5-10-16-24)28-22-25-17-11-6-12-18-25/h4-18H,2-3,19-22H2,1H3. The van der Waals surface area contributed by atoms with Crippen LogP contribution in [-0.2, 0) is 33.1 Å². The molecule has 3 nitrogen and oxygen atoms in total. The fourth-order valence-electron chi connectivity index (χ4n) is 3.04. The van der Waals surface area contributed by atoms with Crippen LogP contribution in [0.3, 0.4) is 0 Å². The first kappa shape index (κ1) is 21.5. The maximum absolute atomic E-state index is 6.46. The molecule has 0 N–H and O–H groups in total. The van der Waals surface area contributed by atoms with E-state index in [1.54, 1.807) is 0 Å². The molecule has 0 amide bonds. The highest BCUT2D eigenvalue weighted by Crippen LogP contribution is 2.24. The van der Waals surface area contributed by atoms with E-state index >= 15 is 0 Å². The highest BCUT2D eigenvalue weighted by atomic mass is 28.4. The molecule has 3 rings (SSSR count). The van der Waals surface area contributed by atoms with Crippen LogP contribution in [0.5, 0.6) is 0 Å². The van der Waals surface area contributed by atoms with Crippen molar-refractivity contribution in [2.45, 2.75) is 45.6 Å². The van der Waals surface area contributed by atoms with Crippen LogP contribution in [0.4, 0.5) is 0 Å². The lowest BCUT2D eigenvalue weighted by molar-refractivity contribution is 0.0422. The Kier molecular flexibility index (Phi) is 8.65. The summed E-state index contributed by atoms with van der Waals surface area (Å²) in [5.41, 5.74) is 3.40. The van der Waals surface area contributed by atoms with Gasteiger partial charge in [-0.05, 0) is 23.1 Å². The summed E-state index contributed by atoms with van der Waals surface area (Å²) in [6.07, 6.45) is 2.09. The molecule has 29 heavy (non-hydrogen) atoms. The van der Waals surface area contributed by atoms with E-state index in [0.717, 1.165) is 35.6 Å². The van der Waals surface area contributed by atoms with Crippen LogP contribution in [0.25, 0.3) is 0 Å². The Bertz CT molecular complexity index is 703. The molecule has 0 unspecified atom stereocenters. The van der Waals surface area contributed by atoms with E-state index in [2.05, 4.69) is 43.3 Å². The number of benzene rings is 3. The van der Waals surface area contributed by atoms with E-state index in [1.807, 2.05) is 54.6 Å². The van der Waals surface area contributed by atoms with Crippen molar-refractivity contribution in [3.8, 4) is 0 Å². The van der Waals surface area contributed by atoms with Gasteiger partial charge in [0.15, 0.2) is 0 Å². The molecule has 0 aliphatic heterocycles. The number of hydrogen-bond donors (Lipinski definition) is 0. The van der Waals surface area contributed by atoms with Crippen LogP contribution in [0, 0.1) is 0 Å². The molecular weight excluding hydrogens is 376 g/mol. The molecule has 3 aromatic rings. The van der Waals surface area contributed by atoms with Crippen LogP contribution >= 0.6 is 0 Å². The van der Waals surface area contributed by atoms with Gasteiger partial charge in [-0.25, -0.2) is 0 Å². The van der Waals surface area contributed by atoms with E-state index in [1.165, 1.54) is 0 Å². The molecule has 152 valence electrons. The molecule has 0 saturated carbocycles. The van der Waals surface area contributed by atoms with Crippen molar-refractivity contribution in [2.75, 3.05) is 0 Å². The third-order valence-electron chi connectivity index (χ3n) is 4.74. The minimum atomic E-state index is -2.86. The van der Waals surface area contributed by atoms with E-state index < -0.39 is 8.80 Å². The summed E-state index contributed by atoms with van der Waals surface area (Å²) in [6, 6.07) is 31.5. The zero-order chi connectivity index (χ0) is 20.2. The molecule has 0 bridgehead atoms. The average Bonchev–Trinajstić information content (AvgIpc) is 2.80. The Morgan fingerprint density at radius 3 is 1.21 bits per heavy atom. The SMILES string of the molecule is CCCC[Si](OCc1ccccc1)(OCc1ccccc1)OCc1ccccc1. The third-order valence-corrected chi connectivity index (χ3v) is 7.46. The van der Waals surface area contributed by atoms with Gasteiger partial charge in [0.2, 0.25) is 0 Å². The largest absolute Gasteiger partial charge is 0.501 e. The predicted octanol–water partition coefficient (Wildman–Crippen LogP) is 6.38. The molecule has 3 aromatic carbocycles. The molecule has 4 heteroatoms. The Morgan fingerprint density at radius 1 is 0.552 bits per heavy atom. The highest BCUT2D eigenvalue weighted by molar-refractivity contribution is 6.60. The van der Waals surface area contributed by atoms with Crippen LogP contribution in [0.2, 0.25) is 6.04 Å². The van der Waals surface area contributed by atoms with E-state index in [-0.39, 0.29) is 0 Å². The average molecular weight is 407 g/mol. The molecule has 0 spiro atoms. The molecular formula is C25H30O3Si. The summed E-state index contributed by atoms with van der Waals surface area (Å²) in [5.74, 6) is 0. The monoisotopic (exact) mass is 406 g/mol. The third kappa shape index (κ3) is 7.26. The Hall–Kier alpha value is -2.24. The molecule has 0 atom stereocenters. The second-order valence-corrected chi connectivity index (χ2v) is 9.84. The zero-order valence-electron chi connectivity index (χ0n) is 17.1. The van der Waals surface area contributed by atoms with Crippen molar-refractivity contribution in [1.29, 1.82) is 0 Å². The van der Waals surface area contributed by atoms with E-state index in [0.29, 0.717) is 19.8 Å². The smallest absolute Gasteiger partial charge is 0.369 e. The first-order valence-corrected chi connectivity index (χ1v) is 12.3. The maximum Gasteiger partial charge on any atom is 0.501 e. The van der Waals surface area contributed by atoms with Gasteiger partial charge in [0.1, 0.15) is 0 Å². The lowest BCUT2D eigenvalue weighted by atomic mass is 10.2. The molecule has 0 fully saturated rings. The van der Waals surface area contributed by atoms with Gasteiger partial charge in [-0.15, -0.1) is 0 Å². The highest BCUT2D eigenvalue weighted by Gasteiger charge is 2.41. The van der Waals surface area contributed by atoms with Crippen molar-refractivity contribution in [3.63, 3.8) is 0 Å². The van der Waals surface area contributed by atoms with Crippen molar-refractivity contribution in [1.82, 2.24) is 0 Å². The molecule has 0 aliphatic carbocycles. The van der Waals surface area contributed by atoms with E-state index in [4.69, 9.17) is 13.3 Å². The molecule has 0 radical (unpaired) electrons. The number of hydrogen-bond acceptors (Lipinski definition) is 3. The topological polar surface area (TPSA) is 27.7 Å². The lowest BCUT2D eigenvalue weighted by Crippen LogP contribution is -2.45. The van der Waals surface area contributed by atoms with Crippen molar-refractivity contribution in [2.24, 2.45) is 0 Å². The van der Waals surface area contributed by atoms with Crippen molar-refractivity contribution >= 4 is 8.80 Å². The van der Waals surface area contributed by atoms with Gasteiger partial charge >= 0.3 is 8.80 Å². The number of rotatable bonds is 12. The van der Waals surface area contributed by atoms with E-state index in [9.17, 15) is 0 Å². The summed E-state index contributed by atoms with van der Waals surface area (Å²) in [7, 11) is -2.86. The zero-order valence-corrected chi connectivity index (χ0v) is 18.1. The minimum absolute atomic E-state index is 0.500. The molecule has 0 saturated heterocycles. The Balaban J connectivity index is 1.75. The van der Waals surface area contributed by atoms with Gasteiger partial charge in [0.25, 0.3) is 0 Å². The van der Waals surface area contributed by atoms with Crippen LogP contribution < -0.4 is 0 Å². The maximum atomic E-state index is 6.46. The predicted molar refractivity (Wildman–Crippen MR) is 119 cm³/mol. The van der Waals surface area contributed by atoms with Crippen molar-refractivity contribution in [3.05, 3.63) is 108 Å². The Morgan fingerprint density at radius 2 is 0.897 bits per heavy atom. The second-order valence-electron chi connectivity index (χ2n) is 7.11.